The summed E-state index contributed by atoms with van der Waals surface area (Å²) < 4.78 is 5.47. The fourth-order valence-electron chi connectivity index (χ4n) is 3.64. The number of aromatic amines is 1. The number of ether oxygens (including phenoxy) is 1. The van der Waals surface area contributed by atoms with E-state index in [1.54, 1.807) is 30.3 Å². The molecule has 0 aliphatic carbocycles. The molecule has 31 heavy (non-hydrogen) atoms. The van der Waals surface area contributed by atoms with E-state index in [9.17, 15) is 9.59 Å². The number of nitrogens with zero attached hydrogens (tertiary/aromatic N) is 2. The van der Waals surface area contributed by atoms with Crippen LogP contribution in [-0.2, 0) is 4.79 Å². The van der Waals surface area contributed by atoms with Crippen molar-refractivity contribution in [3.8, 4) is 5.75 Å². The Morgan fingerprint density at radius 3 is 2.52 bits per heavy atom. The van der Waals surface area contributed by atoms with E-state index >= 15 is 0 Å². The maximum atomic E-state index is 12.8. The number of fused-ring (bicyclic) bond motifs is 1. The number of anilines is 1. The first-order valence-corrected chi connectivity index (χ1v) is 10.7. The smallest absolute Gasteiger partial charge is 0.270 e. The SMILES string of the molecule is CCN1CCN(C(=O)c2cc3cc(NC(=O)COc4ccc(Cl)cc4)ccc3[nH]2)CC1. The molecule has 0 spiro atoms. The molecule has 2 heterocycles. The second-order valence-electron chi connectivity index (χ2n) is 7.50. The Labute approximate surface area is 185 Å². The van der Waals surface area contributed by atoms with E-state index in [0.29, 0.717) is 22.2 Å². The summed E-state index contributed by atoms with van der Waals surface area (Å²) in [5.41, 5.74) is 2.06. The molecule has 3 aromatic rings. The number of aromatic nitrogens is 1. The molecular weight excluding hydrogens is 416 g/mol. The van der Waals surface area contributed by atoms with Crippen LogP contribution in [0.5, 0.6) is 5.75 Å². The summed E-state index contributed by atoms with van der Waals surface area (Å²) in [7, 11) is 0. The van der Waals surface area contributed by atoms with Crippen LogP contribution < -0.4 is 10.1 Å². The second-order valence-corrected chi connectivity index (χ2v) is 7.94. The van der Waals surface area contributed by atoms with E-state index < -0.39 is 0 Å². The lowest BCUT2D eigenvalue weighted by molar-refractivity contribution is -0.118. The van der Waals surface area contributed by atoms with Crippen LogP contribution >= 0.6 is 11.6 Å². The standard InChI is InChI=1S/C23H25ClN4O3/c1-2-27-9-11-28(12-10-27)23(30)21-14-16-13-18(5-8-20(16)26-21)25-22(29)15-31-19-6-3-17(24)4-7-19/h3-8,13-14,26H,2,9-12,15H2,1H3,(H,25,29). The fourth-order valence-corrected chi connectivity index (χ4v) is 3.77. The minimum Gasteiger partial charge on any atom is -0.484 e. The van der Waals surface area contributed by atoms with Crippen molar-refractivity contribution in [2.45, 2.75) is 6.92 Å². The van der Waals surface area contributed by atoms with Crippen LogP contribution in [0, 0.1) is 0 Å². The highest BCUT2D eigenvalue weighted by atomic mass is 35.5. The third-order valence-corrected chi connectivity index (χ3v) is 5.68. The minimum absolute atomic E-state index is 0.00824. The summed E-state index contributed by atoms with van der Waals surface area (Å²) in [6.45, 7) is 6.30. The molecule has 0 saturated carbocycles. The van der Waals surface area contributed by atoms with Gasteiger partial charge in [0.15, 0.2) is 6.61 Å². The van der Waals surface area contributed by atoms with Gasteiger partial charge in [0.25, 0.3) is 11.8 Å². The van der Waals surface area contributed by atoms with Gasteiger partial charge >= 0.3 is 0 Å². The number of hydrogen-bond acceptors (Lipinski definition) is 4. The van der Waals surface area contributed by atoms with Crippen molar-refractivity contribution in [1.29, 1.82) is 0 Å². The molecule has 1 aromatic heterocycles. The Balaban J connectivity index is 1.37. The van der Waals surface area contributed by atoms with Crippen molar-refractivity contribution >= 4 is 40.0 Å². The molecule has 1 saturated heterocycles. The van der Waals surface area contributed by atoms with Crippen LogP contribution in [0.3, 0.4) is 0 Å². The van der Waals surface area contributed by atoms with Gasteiger partial charge in [-0.05, 0) is 55.1 Å². The van der Waals surface area contributed by atoms with E-state index in [2.05, 4.69) is 22.1 Å². The highest BCUT2D eigenvalue weighted by Crippen LogP contribution is 2.22. The first-order chi connectivity index (χ1) is 15.0. The number of halogens is 1. The maximum absolute atomic E-state index is 12.8. The molecule has 1 aliphatic rings. The van der Waals surface area contributed by atoms with Gasteiger partial charge in [-0.2, -0.15) is 0 Å². The number of rotatable bonds is 6. The van der Waals surface area contributed by atoms with Gasteiger partial charge in [-0.25, -0.2) is 0 Å². The Morgan fingerprint density at radius 2 is 1.81 bits per heavy atom. The number of likely N-dealkylation sites (N-methyl/N-ethyl adjacent to an activating group) is 1. The predicted octanol–water partition coefficient (Wildman–Crippen LogP) is 3.62. The molecule has 162 valence electrons. The normalized spacial score (nSPS) is 14.6. The van der Waals surface area contributed by atoms with Crippen molar-refractivity contribution in [2.75, 3.05) is 44.6 Å². The third kappa shape index (κ3) is 5.18. The average molecular weight is 441 g/mol. The summed E-state index contributed by atoms with van der Waals surface area (Å²) in [6.07, 6.45) is 0. The molecule has 0 bridgehead atoms. The lowest BCUT2D eigenvalue weighted by Crippen LogP contribution is -2.48. The van der Waals surface area contributed by atoms with Gasteiger partial charge in [0.1, 0.15) is 11.4 Å². The molecule has 0 unspecified atom stereocenters. The largest absolute Gasteiger partial charge is 0.484 e. The molecule has 2 aromatic carbocycles. The zero-order chi connectivity index (χ0) is 21.8. The first-order valence-electron chi connectivity index (χ1n) is 10.3. The summed E-state index contributed by atoms with van der Waals surface area (Å²) in [5.74, 6) is 0.312. The molecule has 0 atom stereocenters. The molecular formula is C23H25ClN4O3. The van der Waals surface area contributed by atoms with Gasteiger partial charge in [0, 0.05) is 47.8 Å². The second kappa shape index (κ2) is 9.41. The van der Waals surface area contributed by atoms with Crippen molar-refractivity contribution < 1.29 is 14.3 Å². The molecule has 4 rings (SSSR count). The predicted molar refractivity (Wildman–Crippen MR) is 122 cm³/mol. The van der Waals surface area contributed by atoms with Gasteiger partial charge in [-0.3, -0.25) is 9.59 Å². The van der Waals surface area contributed by atoms with Gasteiger partial charge in [0.2, 0.25) is 0 Å². The van der Waals surface area contributed by atoms with Gasteiger partial charge in [-0.1, -0.05) is 18.5 Å². The fraction of sp³-hybridized carbons (Fsp3) is 0.304. The number of nitrogens with one attached hydrogen (secondary N) is 2. The van der Waals surface area contributed by atoms with Crippen LogP contribution in [0.1, 0.15) is 17.4 Å². The summed E-state index contributed by atoms with van der Waals surface area (Å²) in [4.78, 5) is 32.5. The van der Waals surface area contributed by atoms with E-state index in [0.717, 1.165) is 43.6 Å². The summed E-state index contributed by atoms with van der Waals surface area (Å²) in [6, 6.07) is 14.2. The Morgan fingerprint density at radius 1 is 1.06 bits per heavy atom. The van der Waals surface area contributed by atoms with Crippen molar-refractivity contribution in [1.82, 2.24) is 14.8 Å². The molecule has 8 heteroatoms. The van der Waals surface area contributed by atoms with Crippen LogP contribution in [0.15, 0.2) is 48.5 Å². The van der Waals surface area contributed by atoms with Gasteiger partial charge in [0.05, 0.1) is 0 Å². The zero-order valence-electron chi connectivity index (χ0n) is 17.4. The zero-order valence-corrected chi connectivity index (χ0v) is 18.1. The van der Waals surface area contributed by atoms with Crippen molar-refractivity contribution in [3.63, 3.8) is 0 Å². The van der Waals surface area contributed by atoms with Gasteiger partial charge < -0.3 is 24.8 Å². The number of piperazine rings is 1. The van der Waals surface area contributed by atoms with Crippen LogP contribution in [0.25, 0.3) is 10.9 Å². The number of benzene rings is 2. The number of carbonyl (C=O) groups is 2. The van der Waals surface area contributed by atoms with Crippen LogP contribution in [-0.4, -0.2) is 65.9 Å². The lowest BCUT2D eigenvalue weighted by Gasteiger charge is -2.33. The molecule has 7 nitrogen and oxygen atoms in total. The third-order valence-electron chi connectivity index (χ3n) is 5.43. The van der Waals surface area contributed by atoms with E-state index in [-0.39, 0.29) is 18.4 Å². The maximum Gasteiger partial charge on any atom is 0.270 e. The van der Waals surface area contributed by atoms with E-state index in [4.69, 9.17) is 16.3 Å². The Kier molecular flexibility index (Phi) is 6.44. The summed E-state index contributed by atoms with van der Waals surface area (Å²) in [5, 5.41) is 4.30. The topological polar surface area (TPSA) is 77.7 Å². The van der Waals surface area contributed by atoms with Crippen LogP contribution in [0.4, 0.5) is 5.69 Å². The molecule has 1 fully saturated rings. The van der Waals surface area contributed by atoms with Crippen molar-refractivity contribution in [2.24, 2.45) is 0 Å². The lowest BCUT2D eigenvalue weighted by atomic mass is 10.2. The molecule has 2 amide bonds. The Bertz CT molecular complexity index is 1070. The van der Waals surface area contributed by atoms with E-state index in [1.165, 1.54) is 0 Å². The number of amides is 2. The molecule has 1 aliphatic heterocycles. The molecule has 2 N–H and O–H groups in total. The minimum atomic E-state index is -0.269. The molecule has 0 radical (unpaired) electrons. The van der Waals surface area contributed by atoms with Crippen molar-refractivity contribution in [3.05, 3.63) is 59.2 Å². The average Bonchev–Trinajstić information content (AvgIpc) is 3.22. The quantitative estimate of drug-likeness (QED) is 0.613. The summed E-state index contributed by atoms with van der Waals surface area (Å²) >= 11 is 5.84. The van der Waals surface area contributed by atoms with E-state index in [1.807, 2.05) is 23.1 Å². The number of H-pyrrole nitrogens is 1. The van der Waals surface area contributed by atoms with Gasteiger partial charge in [-0.15, -0.1) is 0 Å². The highest BCUT2D eigenvalue weighted by molar-refractivity contribution is 6.30. The number of carbonyl (C=O) groups excluding carboxylic acids is 2. The first kappa shape index (κ1) is 21.2. The van der Waals surface area contributed by atoms with Crippen LogP contribution in [0.2, 0.25) is 5.02 Å². The monoisotopic (exact) mass is 440 g/mol. The number of hydrogen-bond donors (Lipinski definition) is 2. The Hall–Kier alpha value is -3.03. The highest BCUT2D eigenvalue weighted by Gasteiger charge is 2.22.